The van der Waals surface area contributed by atoms with Gasteiger partial charge in [-0.1, -0.05) is 44.1 Å². The number of allylic oxidation sites excluding steroid dienone is 3. The third-order valence-corrected chi connectivity index (χ3v) is 8.91. The number of hydrogen-bond acceptors (Lipinski definition) is 1. The minimum Gasteiger partial charge on any atom is -0.393 e. The second-order valence-electron chi connectivity index (χ2n) is 9.70. The van der Waals surface area contributed by atoms with Crippen LogP contribution < -0.4 is 0 Å². The van der Waals surface area contributed by atoms with Gasteiger partial charge >= 0.3 is 0 Å². The van der Waals surface area contributed by atoms with Crippen LogP contribution >= 0.6 is 0 Å². The molecule has 1 heteroatoms. The van der Waals surface area contributed by atoms with Crippen LogP contribution in [0.3, 0.4) is 0 Å². The van der Waals surface area contributed by atoms with E-state index < -0.39 is 0 Å². The zero-order chi connectivity index (χ0) is 17.1. The molecule has 4 aliphatic carbocycles. The Hall–Kier alpha value is -0.560. The van der Waals surface area contributed by atoms with E-state index in [9.17, 15) is 5.11 Å². The van der Waals surface area contributed by atoms with Crippen molar-refractivity contribution in [1.82, 2.24) is 0 Å². The van der Waals surface area contributed by atoms with Crippen molar-refractivity contribution in [3.8, 4) is 0 Å². The van der Waals surface area contributed by atoms with Crippen molar-refractivity contribution in [2.75, 3.05) is 0 Å². The minimum atomic E-state index is -0.0830. The van der Waals surface area contributed by atoms with Crippen LogP contribution in [-0.4, -0.2) is 11.2 Å². The molecule has 1 nitrogen and oxygen atoms in total. The molecule has 0 aromatic carbocycles. The summed E-state index contributed by atoms with van der Waals surface area (Å²) >= 11 is 0. The molecule has 1 N–H and O–H groups in total. The van der Waals surface area contributed by atoms with Crippen molar-refractivity contribution in [2.24, 2.45) is 34.5 Å². The zero-order valence-corrected chi connectivity index (χ0v) is 16.1. The van der Waals surface area contributed by atoms with Crippen molar-refractivity contribution in [3.05, 3.63) is 23.3 Å². The molecule has 0 bridgehead atoms. The van der Waals surface area contributed by atoms with E-state index in [0.29, 0.717) is 10.8 Å². The summed E-state index contributed by atoms with van der Waals surface area (Å²) in [6.07, 6.45) is 14.9. The fourth-order valence-electron chi connectivity index (χ4n) is 7.61. The summed E-state index contributed by atoms with van der Waals surface area (Å²) in [5.41, 5.74) is 4.23. The maximum absolute atomic E-state index is 10.1. The fourth-order valence-corrected chi connectivity index (χ4v) is 7.61. The molecule has 3 saturated carbocycles. The van der Waals surface area contributed by atoms with Gasteiger partial charge in [-0.2, -0.15) is 0 Å². The molecule has 0 heterocycles. The molecule has 4 aliphatic rings. The van der Waals surface area contributed by atoms with E-state index in [2.05, 4.69) is 39.8 Å². The van der Waals surface area contributed by atoms with Crippen LogP contribution in [0.1, 0.15) is 79.1 Å². The lowest BCUT2D eigenvalue weighted by molar-refractivity contribution is -0.0272. The Morgan fingerprint density at radius 1 is 1.17 bits per heavy atom. The smallest absolute Gasteiger partial charge is 0.0577 e. The molecule has 134 valence electrons. The molecule has 3 fully saturated rings. The Morgan fingerprint density at radius 3 is 2.62 bits per heavy atom. The van der Waals surface area contributed by atoms with E-state index in [4.69, 9.17) is 0 Å². The van der Waals surface area contributed by atoms with Gasteiger partial charge in [-0.25, -0.2) is 0 Å². The maximum atomic E-state index is 10.1. The van der Waals surface area contributed by atoms with E-state index in [1.54, 1.807) is 11.1 Å². The molecule has 0 spiro atoms. The van der Waals surface area contributed by atoms with E-state index in [0.717, 1.165) is 36.5 Å². The quantitative estimate of drug-likeness (QED) is 0.595. The Kier molecular flexibility index (Phi) is 4.03. The highest BCUT2D eigenvalue weighted by Gasteiger charge is 2.58. The molecule has 4 rings (SSSR count). The van der Waals surface area contributed by atoms with E-state index in [1.165, 1.54) is 38.5 Å². The van der Waals surface area contributed by atoms with Crippen molar-refractivity contribution in [1.29, 1.82) is 0 Å². The highest BCUT2D eigenvalue weighted by Crippen LogP contribution is 2.67. The van der Waals surface area contributed by atoms with Crippen LogP contribution in [0.2, 0.25) is 0 Å². The number of rotatable bonds is 1. The summed E-state index contributed by atoms with van der Waals surface area (Å²) in [6, 6.07) is 0. The van der Waals surface area contributed by atoms with E-state index in [-0.39, 0.29) is 6.10 Å². The largest absolute Gasteiger partial charge is 0.393 e. The summed E-state index contributed by atoms with van der Waals surface area (Å²) in [4.78, 5) is 0. The van der Waals surface area contributed by atoms with Crippen LogP contribution in [0.25, 0.3) is 0 Å². The van der Waals surface area contributed by atoms with Crippen molar-refractivity contribution >= 4 is 0 Å². The monoisotopic (exact) mass is 328 g/mol. The first kappa shape index (κ1) is 16.9. The first-order valence-corrected chi connectivity index (χ1v) is 10.5. The average molecular weight is 329 g/mol. The molecule has 0 aromatic rings. The molecule has 0 saturated heterocycles. The second kappa shape index (κ2) is 5.73. The summed E-state index contributed by atoms with van der Waals surface area (Å²) in [5.74, 6) is 3.44. The predicted molar refractivity (Wildman–Crippen MR) is 101 cm³/mol. The predicted octanol–water partition coefficient (Wildman–Crippen LogP) is 5.89. The van der Waals surface area contributed by atoms with E-state index >= 15 is 0 Å². The van der Waals surface area contributed by atoms with Crippen molar-refractivity contribution in [2.45, 2.75) is 85.2 Å². The molecule has 7 unspecified atom stereocenters. The van der Waals surface area contributed by atoms with Crippen LogP contribution in [0.4, 0.5) is 0 Å². The van der Waals surface area contributed by atoms with Crippen LogP contribution in [0.15, 0.2) is 23.3 Å². The standard InChI is InChI=1S/C23H36O/c1-5-15-13-21-18-8-7-16-14-17(24)9-11-22(16,3)20(18)10-12-23(21,4)19(15)6-2/h6-7,15,17-18,20-21,24H,5,8-14H2,1-4H3/b19-6+. The van der Waals surface area contributed by atoms with Gasteiger partial charge in [0.05, 0.1) is 6.10 Å². The Bertz CT molecular complexity index is 573. The van der Waals surface area contributed by atoms with Gasteiger partial charge in [0.15, 0.2) is 0 Å². The molecule has 0 radical (unpaired) electrons. The van der Waals surface area contributed by atoms with Crippen molar-refractivity contribution < 1.29 is 5.11 Å². The number of aliphatic hydroxyl groups is 1. The van der Waals surface area contributed by atoms with Gasteiger partial charge < -0.3 is 5.11 Å². The lowest BCUT2D eigenvalue weighted by Crippen LogP contribution is -2.49. The Labute approximate surface area is 148 Å². The zero-order valence-electron chi connectivity index (χ0n) is 16.1. The van der Waals surface area contributed by atoms with Crippen molar-refractivity contribution in [3.63, 3.8) is 0 Å². The summed E-state index contributed by atoms with van der Waals surface area (Å²) < 4.78 is 0. The minimum absolute atomic E-state index is 0.0830. The number of fused-ring (bicyclic) bond motifs is 5. The molecule has 0 amide bonds. The molecule has 0 aliphatic heterocycles. The van der Waals surface area contributed by atoms with Gasteiger partial charge in [0.25, 0.3) is 0 Å². The van der Waals surface area contributed by atoms with Gasteiger partial charge in [-0.15, -0.1) is 0 Å². The van der Waals surface area contributed by atoms with Crippen LogP contribution in [-0.2, 0) is 0 Å². The SMILES string of the molecule is C/C=C1\C(CC)CC2C3CC=C4CC(O)CCC4(C)C3CCC12C. The highest BCUT2D eigenvalue weighted by atomic mass is 16.3. The maximum Gasteiger partial charge on any atom is 0.0577 e. The first-order chi connectivity index (χ1) is 11.4. The topological polar surface area (TPSA) is 20.2 Å². The molecule has 0 aromatic heterocycles. The lowest BCUT2D eigenvalue weighted by Gasteiger charge is -2.57. The van der Waals surface area contributed by atoms with Gasteiger partial charge in [-0.3, -0.25) is 0 Å². The summed E-state index contributed by atoms with van der Waals surface area (Å²) in [7, 11) is 0. The summed E-state index contributed by atoms with van der Waals surface area (Å²) in [5, 5.41) is 10.1. The molecular formula is C23H36O. The number of hydrogen-bond donors (Lipinski definition) is 1. The van der Waals surface area contributed by atoms with Gasteiger partial charge in [0.2, 0.25) is 0 Å². The van der Waals surface area contributed by atoms with Gasteiger partial charge in [0, 0.05) is 0 Å². The highest BCUT2D eigenvalue weighted by molar-refractivity contribution is 5.30. The Balaban J connectivity index is 1.69. The third kappa shape index (κ3) is 2.16. The summed E-state index contributed by atoms with van der Waals surface area (Å²) in [6.45, 7) is 9.79. The number of aliphatic hydroxyl groups excluding tert-OH is 1. The molecule has 7 atom stereocenters. The third-order valence-electron chi connectivity index (χ3n) is 8.91. The Morgan fingerprint density at radius 2 is 1.92 bits per heavy atom. The molecule has 24 heavy (non-hydrogen) atoms. The molecular weight excluding hydrogens is 292 g/mol. The first-order valence-electron chi connectivity index (χ1n) is 10.5. The lowest BCUT2D eigenvalue weighted by atomic mass is 9.48. The second-order valence-corrected chi connectivity index (χ2v) is 9.70. The van der Waals surface area contributed by atoms with Gasteiger partial charge in [0.1, 0.15) is 0 Å². The van der Waals surface area contributed by atoms with Gasteiger partial charge in [-0.05, 0) is 92.8 Å². The average Bonchev–Trinajstić information content (AvgIpc) is 2.87. The van der Waals surface area contributed by atoms with Crippen LogP contribution in [0, 0.1) is 34.5 Å². The fraction of sp³-hybridized carbons (Fsp3) is 0.826. The van der Waals surface area contributed by atoms with E-state index in [1.807, 2.05) is 0 Å². The van der Waals surface area contributed by atoms with Crippen LogP contribution in [0.5, 0.6) is 0 Å². The normalized spacial score (nSPS) is 52.5.